The molecule has 0 amide bonds. The molecule has 2 atom stereocenters. The monoisotopic (exact) mass is 127 g/mol. The average molecular weight is 127 g/mol. The standard InChI is InChI=1S/C7H13NO/c1-5-3-7(8)6(2)9-4-5/h6-7H,1,3-4,8H2,2H3/t6-,7+/m1/s1. The summed E-state index contributed by atoms with van der Waals surface area (Å²) in [7, 11) is 0. The molecule has 52 valence electrons. The van der Waals surface area contributed by atoms with Gasteiger partial charge in [-0.3, -0.25) is 0 Å². The lowest BCUT2D eigenvalue weighted by molar-refractivity contribution is 0.0413. The molecule has 0 spiro atoms. The molecule has 1 rings (SSSR count). The molecule has 2 N–H and O–H groups in total. The third-order valence-corrected chi connectivity index (χ3v) is 1.68. The minimum Gasteiger partial charge on any atom is -0.373 e. The van der Waals surface area contributed by atoms with Crippen LogP contribution in [0, 0.1) is 0 Å². The molecule has 0 radical (unpaired) electrons. The van der Waals surface area contributed by atoms with E-state index < -0.39 is 0 Å². The molecule has 0 aromatic rings. The SMILES string of the molecule is C=C1CO[C@H](C)[C@@H](N)C1. The number of hydrogen-bond donors (Lipinski definition) is 1. The summed E-state index contributed by atoms with van der Waals surface area (Å²) in [6.07, 6.45) is 1.12. The topological polar surface area (TPSA) is 35.2 Å². The Morgan fingerprint density at radius 2 is 2.44 bits per heavy atom. The van der Waals surface area contributed by atoms with E-state index in [1.165, 1.54) is 0 Å². The van der Waals surface area contributed by atoms with Crippen molar-refractivity contribution in [3.05, 3.63) is 12.2 Å². The van der Waals surface area contributed by atoms with Gasteiger partial charge in [-0.25, -0.2) is 0 Å². The van der Waals surface area contributed by atoms with Crippen molar-refractivity contribution in [2.75, 3.05) is 6.61 Å². The Labute approximate surface area is 55.7 Å². The van der Waals surface area contributed by atoms with Gasteiger partial charge >= 0.3 is 0 Å². The van der Waals surface area contributed by atoms with Crippen LogP contribution in [-0.2, 0) is 4.74 Å². The van der Waals surface area contributed by atoms with Crippen molar-refractivity contribution in [2.45, 2.75) is 25.5 Å². The maximum Gasteiger partial charge on any atom is 0.0705 e. The molecule has 0 aromatic heterocycles. The molecule has 1 saturated heterocycles. The van der Waals surface area contributed by atoms with Crippen molar-refractivity contribution in [3.63, 3.8) is 0 Å². The summed E-state index contributed by atoms with van der Waals surface area (Å²) in [4.78, 5) is 0. The van der Waals surface area contributed by atoms with Crippen LogP contribution in [0.2, 0.25) is 0 Å². The zero-order chi connectivity index (χ0) is 6.85. The summed E-state index contributed by atoms with van der Waals surface area (Å²) in [5.41, 5.74) is 6.79. The Morgan fingerprint density at radius 3 is 2.89 bits per heavy atom. The third kappa shape index (κ3) is 1.53. The number of rotatable bonds is 0. The fourth-order valence-corrected chi connectivity index (χ4v) is 0.931. The molecule has 1 heterocycles. The van der Waals surface area contributed by atoms with E-state index in [9.17, 15) is 0 Å². The minimum absolute atomic E-state index is 0.159. The zero-order valence-corrected chi connectivity index (χ0v) is 5.76. The first-order valence-electron chi connectivity index (χ1n) is 3.24. The van der Waals surface area contributed by atoms with Gasteiger partial charge < -0.3 is 10.5 Å². The molecule has 0 aliphatic carbocycles. The van der Waals surface area contributed by atoms with Gasteiger partial charge in [0.2, 0.25) is 0 Å². The lowest BCUT2D eigenvalue weighted by Gasteiger charge is -2.27. The third-order valence-electron chi connectivity index (χ3n) is 1.68. The normalized spacial score (nSPS) is 36.9. The van der Waals surface area contributed by atoms with Gasteiger partial charge in [0.05, 0.1) is 12.7 Å². The Balaban J connectivity index is 2.44. The van der Waals surface area contributed by atoms with Crippen molar-refractivity contribution < 1.29 is 4.74 Å². The molecule has 2 heteroatoms. The van der Waals surface area contributed by atoms with Crippen LogP contribution in [0.25, 0.3) is 0 Å². The van der Waals surface area contributed by atoms with E-state index >= 15 is 0 Å². The maximum absolute atomic E-state index is 5.68. The molecule has 0 unspecified atom stereocenters. The molecule has 2 nitrogen and oxygen atoms in total. The Kier molecular flexibility index (Phi) is 1.88. The predicted molar refractivity (Wildman–Crippen MR) is 37.1 cm³/mol. The van der Waals surface area contributed by atoms with Crippen LogP contribution in [0.15, 0.2) is 12.2 Å². The van der Waals surface area contributed by atoms with Crippen LogP contribution >= 0.6 is 0 Å². The van der Waals surface area contributed by atoms with Crippen LogP contribution in [0.3, 0.4) is 0 Å². The zero-order valence-electron chi connectivity index (χ0n) is 5.76. The summed E-state index contributed by atoms with van der Waals surface area (Å²) < 4.78 is 5.28. The van der Waals surface area contributed by atoms with Crippen LogP contribution in [0.1, 0.15) is 13.3 Å². The second kappa shape index (κ2) is 2.50. The van der Waals surface area contributed by atoms with E-state index in [-0.39, 0.29) is 12.1 Å². The average Bonchev–Trinajstić information content (AvgIpc) is 1.80. The van der Waals surface area contributed by atoms with E-state index in [0.717, 1.165) is 12.0 Å². The van der Waals surface area contributed by atoms with Gasteiger partial charge in [0.1, 0.15) is 0 Å². The van der Waals surface area contributed by atoms with Crippen molar-refractivity contribution >= 4 is 0 Å². The highest BCUT2D eigenvalue weighted by molar-refractivity contribution is 5.02. The molecular weight excluding hydrogens is 114 g/mol. The van der Waals surface area contributed by atoms with E-state index in [2.05, 4.69) is 6.58 Å². The van der Waals surface area contributed by atoms with Crippen LogP contribution in [-0.4, -0.2) is 18.8 Å². The van der Waals surface area contributed by atoms with Gasteiger partial charge in [-0.15, -0.1) is 0 Å². The van der Waals surface area contributed by atoms with Gasteiger partial charge in [-0.1, -0.05) is 12.2 Å². The minimum atomic E-state index is 0.159. The molecule has 9 heavy (non-hydrogen) atoms. The fraction of sp³-hybridized carbons (Fsp3) is 0.714. The van der Waals surface area contributed by atoms with Crippen LogP contribution in [0.4, 0.5) is 0 Å². The van der Waals surface area contributed by atoms with E-state index in [0.29, 0.717) is 6.61 Å². The van der Waals surface area contributed by atoms with Crippen molar-refractivity contribution in [1.82, 2.24) is 0 Å². The second-order valence-corrected chi connectivity index (χ2v) is 2.63. The molecule has 0 aromatic carbocycles. The predicted octanol–water partition coefficient (Wildman–Crippen LogP) is 0.679. The van der Waals surface area contributed by atoms with Gasteiger partial charge in [0.25, 0.3) is 0 Å². The molecule has 0 bridgehead atoms. The highest BCUT2D eigenvalue weighted by Gasteiger charge is 2.19. The van der Waals surface area contributed by atoms with Gasteiger partial charge in [0.15, 0.2) is 0 Å². The summed E-state index contributed by atoms with van der Waals surface area (Å²) in [5, 5.41) is 0. The van der Waals surface area contributed by atoms with Gasteiger partial charge in [-0.2, -0.15) is 0 Å². The van der Waals surface area contributed by atoms with Crippen molar-refractivity contribution in [3.8, 4) is 0 Å². The largest absolute Gasteiger partial charge is 0.373 e. The first-order chi connectivity index (χ1) is 4.20. The Morgan fingerprint density at radius 1 is 1.78 bits per heavy atom. The molecular formula is C7H13NO. The van der Waals surface area contributed by atoms with Crippen LogP contribution in [0.5, 0.6) is 0 Å². The quantitative estimate of drug-likeness (QED) is 0.486. The molecule has 1 fully saturated rings. The highest BCUT2D eigenvalue weighted by atomic mass is 16.5. The van der Waals surface area contributed by atoms with Crippen LogP contribution < -0.4 is 5.73 Å². The van der Waals surface area contributed by atoms with E-state index in [1.54, 1.807) is 0 Å². The summed E-state index contributed by atoms with van der Waals surface area (Å²) in [6, 6.07) is 0.159. The maximum atomic E-state index is 5.68. The second-order valence-electron chi connectivity index (χ2n) is 2.63. The molecule has 0 saturated carbocycles. The Hall–Kier alpha value is -0.340. The van der Waals surface area contributed by atoms with Gasteiger partial charge in [-0.05, 0) is 13.3 Å². The van der Waals surface area contributed by atoms with E-state index in [4.69, 9.17) is 10.5 Å². The first kappa shape index (κ1) is 6.78. The number of hydrogen-bond acceptors (Lipinski definition) is 2. The highest BCUT2D eigenvalue weighted by Crippen LogP contribution is 2.14. The Bertz CT molecular complexity index is 122. The fourth-order valence-electron chi connectivity index (χ4n) is 0.931. The summed E-state index contributed by atoms with van der Waals surface area (Å²) in [5.74, 6) is 0. The number of nitrogens with two attached hydrogens (primary N) is 1. The van der Waals surface area contributed by atoms with Crippen molar-refractivity contribution in [2.24, 2.45) is 5.73 Å². The van der Waals surface area contributed by atoms with Crippen molar-refractivity contribution in [1.29, 1.82) is 0 Å². The smallest absolute Gasteiger partial charge is 0.0705 e. The molecule has 1 aliphatic heterocycles. The van der Waals surface area contributed by atoms with Gasteiger partial charge in [0, 0.05) is 6.04 Å². The molecule has 1 aliphatic rings. The lowest BCUT2D eigenvalue weighted by atomic mass is 10.0. The summed E-state index contributed by atoms with van der Waals surface area (Å²) >= 11 is 0. The first-order valence-corrected chi connectivity index (χ1v) is 3.24. The number of ether oxygens (including phenoxy) is 1. The van der Waals surface area contributed by atoms with E-state index in [1.807, 2.05) is 6.92 Å². The summed E-state index contributed by atoms with van der Waals surface area (Å²) in [6.45, 7) is 6.48. The lowest BCUT2D eigenvalue weighted by Crippen LogP contribution is -2.39.